The highest BCUT2D eigenvalue weighted by Gasteiger charge is 2.20. The first-order valence-corrected chi connectivity index (χ1v) is 7.73. The molecule has 0 bridgehead atoms. The van der Waals surface area contributed by atoms with E-state index in [1.165, 1.54) is 6.07 Å². The van der Waals surface area contributed by atoms with Crippen LogP contribution < -0.4 is 4.74 Å². The van der Waals surface area contributed by atoms with Crippen LogP contribution in [0.15, 0.2) is 18.2 Å². The van der Waals surface area contributed by atoms with Crippen LogP contribution in [0, 0.1) is 23.6 Å². The van der Waals surface area contributed by atoms with Crippen molar-refractivity contribution in [2.24, 2.45) is 5.92 Å². The van der Waals surface area contributed by atoms with Crippen molar-refractivity contribution in [3.8, 4) is 17.6 Å². The van der Waals surface area contributed by atoms with Crippen LogP contribution in [0.1, 0.15) is 44.6 Å². The maximum absolute atomic E-state index is 13.8. The lowest BCUT2D eigenvalue weighted by Gasteiger charge is -2.27. The van der Waals surface area contributed by atoms with Gasteiger partial charge in [-0.1, -0.05) is 18.8 Å². The SMILES string of the molecule is CC1CCC(Oc2cc(C#CCCCl)ccc2F)CC1. The Hall–Kier alpha value is -1.20. The molecule has 0 N–H and O–H groups in total. The maximum Gasteiger partial charge on any atom is 0.165 e. The van der Waals surface area contributed by atoms with Gasteiger partial charge in [0.1, 0.15) is 0 Å². The predicted octanol–water partition coefficient (Wildman–Crippen LogP) is 4.76. The van der Waals surface area contributed by atoms with E-state index in [0.717, 1.165) is 37.2 Å². The number of halogens is 2. The van der Waals surface area contributed by atoms with E-state index in [-0.39, 0.29) is 11.9 Å². The zero-order chi connectivity index (χ0) is 14.4. The smallest absolute Gasteiger partial charge is 0.165 e. The van der Waals surface area contributed by atoms with E-state index in [2.05, 4.69) is 18.8 Å². The molecule has 1 saturated carbocycles. The van der Waals surface area contributed by atoms with Gasteiger partial charge in [0.05, 0.1) is 6.10 Å². The van der Waals surface area contributed by atoms with Crippen molar-refractivity contribution in [1.82, 2.24) is 0 Å². The van der Waals surface area contributed by atoms with Crippen molar-refractivity contribution >= 4 is 11.6 Å². The summed E-state index contributed by atoms with van der Waals surface area (Å²) in [6.45, 7) is 2.25. The first-order chi connectivity index (χ1) is 9.69. The summed E-state index contributed by atoms with van der Waals surface area (Å²) < 4.78 is 19.6. The van der Waals surface area contributed by atoms with Gasteiger partial charge < -0.3 is 4.74 Å². The van der Waals surface area contributed by atoms with Gasteiger partial charge in [-0.05, 0) is 49.8 Å². The number of rotatable bonds is 3. The largest absolute Gasteiger partial charge is 0.487 e. The number of ether oxygens (including phenoxy) is 1. The third-order valence-electron chi connectivity index (χ3n) is 3.64. The third-order valence-corrected chi connectivity index (χ3v) is 3.83. The molecule has 2 rings (SSSR count). The Morgan fingerprint density at radius 2 is 2.05 bits per heavy atom. The van der Waals surface area contributed by atoms with Gasteiger partial charge in [0.25, 0.3) is 0 Å². The number of hydrogen-bond donors (Lipinski definition) is 0. The summed E-state index contributed by atoms with van der Waals surface area (Å²) in [6, 6.07) is 4.78. The molecule has 1 aliphatic rings. The molecule has 1 nitrogen and oxygen atoms in total. The van der Waals surface area contributed by atoms with E-state index in [0.29, 0.717) is 18.1 Å². The van der Waals surface area contributed by atoms with Crippen LogP contribution in [0.3, 0.4) is 0 Å². The topological polar surface area (TPSA) is 9.23 Å². The molecule has 108 valence electrons. The molecule has 0 spiro atoms. The minimum atomic E-state index is -0.313. The fraction of sp³-hybridized carbons (Fsp3) is 0.529. The second kappa shape index (κ2) is 7.55. The Bertz CT molecular complexity index is 495. The molecule has 0 radical (unpaired) electrons. The molecule has 0 amide bonds. The normalized spacial score (nSPS) is 21.9. The summed E-state index contributed by atoms with van der Waals surface area (Å²) in [4.78, 5) is 0. The highest BCUT2D eigenvalue weighted by atomic mass is 35.5. The molecule has 0 atom stereocenters. The average molecular weight is 295 g/mol. The fourth-order valence-corrected chi connectivity index (χ4v) is 2.50. The first kappa shape index (κ1) is 15.2. The molecule has 0 heterocycles. The monoisotopic (exact) mass is 294 g/mol. The maximum atomic E-state index is 13.8. The molecule has 1 fully saturated rings. The van der Waals surface area contributed by atoms with E-state index >= 15 is 0 Å². The highest BCUT2D eigenvalue weighted by molar-refractivity contribution is 6.18. The summed E-state index contributed by atoms with van der Waals surface area (Å²) in [7, 11) is 0. The quantitative estimate of drug-likeness (QED) is 0.577. The van der Waals surface area contributed by atoms with Crippen LogP contribution in [0.25, 0.3) is 0 Å². The Kier molecular flexibility index (Phi) is 5.73. The Morgan fingerprint density at radius 3 is 2.75 bits per heavy atom. The molecular formula is C17H20ClFO. The van der Waals surface area contributed by atoms with Gasteiger partial charge in [-0.15, -0.1) is 11.6 Å². The number of hydrogen-bond acceptors (Lipinski definition) is 1. The number of benzene rings is 1. The van der Waals surface area contributed by atoms with Crippen LogP contribution in [-0.4, -0.2) is 12.0 Å². The molecule has 1 aromatic rings. The molecule has 20 heavy (non-hydrogen) atoms. The van der Waals surface area contributed by atoms with Crippen molar-refractivity contribution in [3.63, 3.8) is 0 Å². The van der Waals surface area contributed by atoms with Crippen molar-refractivity contribution in [3.05, 3.63) is 29.6 Å². The van der Waals surface area contributed by atoms with Gasteiger partial charge in [-0.2, -0.15) is 0 Å². The van der Waals surface area contributed by atoms with Gasteiger partial charge in [0, 0.05) is 17.9 Å². The van der Waals surface area contributed by atoms with Crippen molar-refractivity contribution in [2.75, 3.05) is 5.88 Å². The van der Waals surface area contributed by atoms with Crippen molar-refractivity contribution in [1.29, 1.82) is 0 Å². The summed E-state index contributed by atoms with van der Waals surface area (Å²) in [6.07, 6.45) is 5.08. The predicted molar refractivity (Wildman–Crippen MR) is 80.7 cm³/mol. The van der Waals surface area contributed by atoms with Crippen LogP contribution >= 0.6 is 11.6 Å². The second-order valence-electron chi connectivity index (χ2n) is 5.39. The average Bonchev–Trinajstić information content (AvgIpc) is 2.45. The van der Waals surface area contributed by atoms with Gasteiger partial charge in [-0.25, -0.2) is 4.39 Å². The zero-order valence-electron chi connectivity index (χ0n) is 11.8. The van der Waals surface area contributed by atoms with E-state index in [4.69, 9.17) is 16.3 Å². The van der Waals surface area contributed by atoms with Crippen molar-refractivity contribution < 1.29 is 9.13 Å². The molecule has 0 aromatic heterocycles. The lowest BCUT2D eigenvalue weighted by Crippen LogP contribution is -2.23. The summed E-state index contributed by atoms with van der Waals surface area (Å²) in [5.74, 6) is 7.20. The van der Waals surface area contributed by atoms with Crippen molar-refractivity contribution in [2.45, 2.75) is 45.1 Å². The van der Waals surface area contributed by atoms with E-state index < -0.39 is 0 Å². The van der Waals surface area contributed by atoms with Crippen LogP contribution in [0.4, 0.5) is 4.39 Å². The summed E-state index contributed by atoms with van der Waals surface area (Å²) in [5, 5.41) is 0. The minimum absolute atomic E-state index is 0.131. The van der Waals surface area contributed by atoms with E-state index in [1.54, 1.807) is 12.1 Å². The van der Waals surface area contributed by atoms with E-state index in [1.807, 2.05) is 0 Å². The molecule has 1 aliphatic carbocycles. The minimum Gasteiger partial charge on any atom is -0.487 e. The molecule has 0 unspecified atom stereocenters. The summed E-state index contributed by atoms with van der Waals surface area (Å²) in [5.41, 5.74) is 0.774. The second-order valence-corrected chi connectivity index (χ2v) is 5.76. The molecule has 3 heteroatoms. The van der Waals surface area contributed by atoms with Gasteiger partial charge in [-0.3, -0.25) is 0 Å². The van der Waals surface area contributed by atoms with E-state index in [9.17, 15) is 4.39 Å². The lowest BCUT2D eigenvalue weighted by atomic mass is 9.89. The molecule has 0 saturated heterocycles. The Morgan fingerprint density at radius 1 is 1.30 bits per heavy atom. The third kappa shape index (κ3) is 4.42. The van der Waals surface area contributed by atoms with Crippen LogP contribution in [-0.2, 0) is 0 Å². The van der Waals surface area contributed by atoms with Crippen LogP contribution in [0.5, 0.6) is 5.75 Å². The Balaban J connectivity index is 2.03. The molecule has 0 aliphatic heterocycles. The van der Waals surface area contributed by atoms with Gasteiger partial charge in [0.2, 0.25) is 0 Å². The standard InChI is InChI=1S/C17H20ClFO/c1-13-5-8-15(9-6-13)20-17-12-14(4-2-3-11-18)7-10-16(17)19/h7,10,12-13,15H,3,5-6,8-9,11H2,1H3. The molecular weight excluding hydrogens is 275 g/mol. The van der Waals surface area contributed by atoms with Gasteiger partial charge in [0.15, 0.2) is 11.6 Å². The zero-order valence-corrected chi connectivity index (χ0v) is 12.5. The Labute approximate surface area is 125 Å². The number of alkyl halides is 1. The fourth-order valence-electron chi connectivity index (χ4n) is 2.41. The molecule has 1 aromatic carbocycles. The highest BCUT2D eigenvalue weighted by Crippen LogP contribution is 2.28. The van der Waals surface area contributed by atoms with Gasteiger partial charge >= 0.3 is 0 Å². The lowest BCUT2D eigenvalue weighted by molar-refractivity contribution is 0.130. The summed E-state index contributed by atoms with van der Waals surface area (Å²) >= 11 is 5.58. The first-order valence-electron chi connectivity index (χ1n) is 7.20. The van der Waals surface area contributed by atoms with Crippen LogP contribution in [0.2, 0.25) is 0 Å².